The molecule has 0 aromatic heterocycles. The zero-order valence-corrected chi connectivity index (χ0v) is 52.3. The highest BCUT2D eigenvalue weighted by molar-refractivity contribution is 5.98. The number of rotatable bonds is 18. The van der Waals surface area contributed by atoms with Crippen LogP contribution in [-0.4, -0.2) is 162 Å². The van der Waals surface area contributed by atoms with E-state index >= 15 is 0 Å². The smallest absolute Gasteiger partial charge is 0.252 e. The number of aliphatic hydroxyl groups excluding tert-OH is 1. The molecule has 6 rings (SSSR count). The highest BCUT2D eigenvalue weighted by Crippen LogP contribution is 2.28. The minimum absolute atomic E-state index is 0.0142. The van der Waals surface area contributed by atoms with Crippen LogP contribution < -0.4 is 54.0 Å². The van der Waals surface area contributed by atoms with E-state index in [4.69, 9.17) is 20.9 Å². The number of aliphatic hydroxyl groups is 1. The van der Waals surface area contributed by atoms with Crippen LogP contribution in [-0.2, 0) is 65.7 Å². The van der Waals surface area contributed by atoms with Gasteiger partial charge in [0.15, 0.2) is 6.10 Å². The van der Waals surface area contributed by atoms with Crippen molar-refractivity contribution in [2.24, 2.45) is 35.1 Å². The van der Waals surface area contributed by atoms with Gasteiger partial charge in [-0.25, -0.2) is 0 Å². The van der Waals surface area contributed by atoms with E-state index in [9.17, 15) is 48.3 Å². The van der Waals surface area contributed by atoms with Gasteiger partial charge in [-0.2, -0.15) is 0 Å². The van der Waals surface area contributed by atoms with Gasteiger partial charge in [0.1, 0.15) is 66.6 Å². The maximum atomic E-state index is 14.9. The lowest BCUT2D eigenvalue weighted by atomic mass is 9.99. The predicted octanol–water partition coefficient (Wildman–Crippen LogP) is 2.01. The first-order chi connectivity index (χ1) is 42.0. The largest absolute Gasteiger partial charge is 0.387 e. The number of carbonyl (C=O) groups is 9. The van der Waals surface area contributed by atoms with E-state index in [1.807, 2.05) is 88.4 Å². The molecule has 3 aliphatic heterocycles. The Balaban J connectivity index is 1.37. The molecule has 2 bridgehead atoms. The Kier molecular flexibility index (Phi) is 26.9. The lowest BCUT2D eigenvalue weighted by molar-refractivity contribution is -0.143. The van der Waals surface area contributed by atoms with E-state index in [1.165, 1.54) is 4.90 Å². The summed E-state index contributed by atoms with van der Waals surface area (Å²) in [4.78, 5) is 132. The van der Waals surface area contributed by atoms with Crippen molar-refractivity contribution >= 4 is 53.2 Å². The zero-order chi connectivity index (χ0) is 64.2. The Bertz CT molecular complexity index is 2810. The molecule has 12 atom stereocenters. The van der Waals surface area contributed by atoms with Gasteiger partial charge in [-0.1, -0.05) is 140 Å². The summed E-state index contributed by atoms with van der Waals surface area (Å²) in [6.07, 6.45) is -4.03. The van der Waals surface area contributed by atoms with Gasteiger partial charge in [0.2, 0.25) is 47.3 Å². The Hall–Kier alpha value is -7.31. The average Bonchev–Trinajstić information content (AvgIpc) is 3.44. The van der Waals surface area contributed by atoms with E-state index in [2.05, 4.69) is 42.5 Å². The van der Waals surface area contributed by atoms with Gasteiger partial charge in [-0.05, 0) is 110 Å². The van der Waals surface area contributed by atoms with Crippen LogP contribution in [0.3, 0.4) is 0 Å². The predicted molar refractivity (Wildman–Crippen MR) is 332 cm³/mol. The van der Waals surface area contributed by atoms with E-state index < -0.39 is 138 Å². The molecule has 0 spiro atoms. The number of hydrogen-bond acceptors (Lipinski definition) is 14. The van der Waals surface area contributed by atoms with Crippen molar-refractivity contribution < 1.29 is 57.7 Å². The number of ether oxygens (including phenoxy) is 2. The Labute approximate surface area is 517 Å². The topological polar surface area (TPSA) is 344 Å². The van der Waals surface area contributed by atoms with E-state index in [0.717, 1.165) is 16.7 Å². The number of benzene rings is 3. The van der Waals surface area contributed by atoms with Crippen LogP contribution in [0.2, 0.25) is 0 Å². The number of nitrogens with zero attached hydrogens (tertiary/aromatic N) is 1. The third-order valence-corrected chi connectivity index (χ3v) is 16.1. The molecule has 9 amide bonds. The zero-order valence-electron chi connectivity index (χ0n) is 52.3. The molecule has 23 nitrogen and oxygen atoms in total. The van der Waals surface area contributed by atoms with Crippen LogP contribution in [0.1, 0.15) is 118 Å². The second kappa shape index (κ2) is 33.9. The Morgan fingerprint density at radius 3 is 1.55 bits per heavy atom. The molecule has 482 valence electrons. The maximum Gasteiger partial charge on any atom is 0.252 e. The molecule has 3 heterocycles. The van der Waals surface area contributed by atoms with Gasteiger partial charge < -0.3 is 73.5 Å². The molecular formula is C65H95N11O12. The second-order valence-corrected chi connectivity index (χ2v) is 24.9. The number of hydrogen-bond donors (Lipinski definition) is 11. The van der Waals surface area contributed by atoms with Crippen LogP contribution in [0.25, 0.3) is 11.1 Å². The monoisotopic (exact) mass is 1220 g/mol. The fraction of sp³-hybridized carbons (Fsp3) is 0.585. The molecule has 3 aliphatic rings. The standard InChI is InChI=1S/C65H95N11O12/c1-37(2)32-47-57(78)68-35-51-55(87-36-42-25-27-44(28-26-42)43-20-13-10-14-21-43)54(77)56(88-51)64(85)75-53(40(7)8)63(84)70-46(23-16-30-67)59(80)72-48(33-38(3)4)60(81)73-49(34-41-18-11-9-12-19-41)65(86)76-31-17-24-50(76)61(82)74-52(39(5)6)62(83)69-45(22-15-29-66)58(79)71-47/h9-14,18-21,25-28,37-40,45-56,77H,15-17,22-24,29-36,66-67H2,1-8H3,(H,68,78)(H,69,83)(H,70,84)(H,71,79)(H,72,80)(H,73,81)(H,74,82)(H,75,85)/t45-,46-,47-,48-,49+,50-,51+,52-,53-,54-,55+,56+/m0/s1. The van der Waals surface area contributed by atoms with Crippen molar-refractivity contribution in [1.29, 1.82) is 0 Å². The summed E-state index contributed by atoms with van der Waals surface area (Å²) >= 11 is 0. The highest BCUT2D eigenvalue weighted by Gasteiger charge is 2.49. The molecule has 3 aromatic carbocycles. The van der Waals surface area contributed by atoms with Crippen LogP contribution >= 0.6 is 0 Å². The van der Waals surface area contributed by atoms with Gasteiger partial charge in [0.05, 0.1) is 6.61 Å². The Morgan fingerprint density at radius 2 is 1.02 bits per heavy atom. The minimum Gasteiger partial charge on any atom is -0.387 e. The fourth-order valence-electron chi connectivity index (χ4n) is 11.3. The summed E-state index contributed by atoms with van der Waals surface area (Å²) in [6.45, 7) is 14.4. The van der Waals surface area contributed by atoms with Gasteiger partial charge in [-0.15, -0.1) is 0 Å². The third kappa shape index (κ3) is 19.8. The van der Waals surface area contributed by atoms with Crippen LogP contribution in [0.4, 0.5) is 0 Å². The summed E-state index contributed by atoms with van der Waals surface area (Å²) in [6, 6.07) is 16.7. The molecule has 3 aromatic rings. The molecule has 23 heteroatoms. The summed E-state index contributed by atoms with van der Waals surface area (Å²) in [5.41, 5.74) is 15.3. The van der Waals surface area contributed by atoms with Crippen molar-refractivity contribution in [2.75, 3.05) is 26.2 Å². The Morgan fingerprint density at radius 1 is 0.545 bits per heavy atom. The first kappa shape index (κ1) is 69.8. The summed E-state index contributed by atoms with van der Waals surface area (Å²) in [7, 11) is 0. The maximum absolute atomic E-state index is 14.9. The fourth-order valence-corrected chi connectivity index (χ4v) is 11.3. The molecule has 3 fully saturated rings. The minimum atomic E-state index is -1.64. The lowest BCUT2D eigenvalue weighted by Gasteiger charge is -2.32. The number of fused-ring (bicyclic) bond motifs is 3. The van der Waals surface area contributed by atoms with Crippen molar-refractivity contribution in [2.45, 2.75) is 193 Å². The number of nitrogens with one attached hydrogen (secondary N) is 8. The molecule has 0 saturated carbocycles. The summed E-state index contributed by atoms with van der Waals surface area (Å²) in [5.74, 6) is -7.67. The quantitative estimate of drug-likeness (QED) is 0.0869. The van der Waals surface area contributed by atoms with Crippen LogP contribution in [0, 0.1) is 23.7 Å². The molecule has 88 heavy (non-hydrogen) atoms. The molecule has 0 unspecified atom stereocenters. The van der Waals surface area contributed by atoms with Gasteiger partial charge in [0.25, 0.3) is 5.91 Å². The van der Waals surface area contributed by atoms with E-state index in [1.54, 1.807) is 52.0 Å². The first-order valence-corrected chi connectivity index (χ1v) is 31.2. The summed E-state index contributed by atoms with van der Waals surface area (Å²) < 4.78 is 12.7. The van der Waals surface area contributed by atoms with Gasteiger partial charge in [0, 0.05) is 19.5 Å². The van der Waals surface area contributed by atoms with Crippen LogP contribution in [0.15, 0.2) is 84.9 Å². The average molecular weight is 1220 g/mol. The van der Waals surface area contributed by atoms with Gasteiger partial charge >= 0.3 is 0 Å². The lowest BCUT2D eigenvalue weighted by Crippen LogP contribution is -2.61. The van der Waals surface area contributed by atoms with E-state index in [0.29, 0.717) is 18.4 Å². The number of carbonyl (C=O) groups excluding carboxylic acids is 9. The molecule has 0 aliphatic carbocycles. The van der Waals surface area contributed by atoms with Crippen molar-refractivity contribution in [3.05, 3.63) is 96.1 Å². The van der Waals surface area contributed by atoms with Crippen LogP contribution in [0.5, 0.6) is 0 Å². The SMILES string of the molecule is CC(C)C[C@@H]1NC(=O)[C@H](CCCN)NC(=O)[C@H](C(C)C)NC(=O)[C@@H]2CCCN2C(=O)[C@@H](Cc2ccccc2)NC(=O)[C@H](CC(C)C)NC(=O)[C@H](CCCN)NC(=O)[C@H](C(C)C)NC(=O)[C@@H]2O[C@H](CNC1=O)[C@@H](OCc1ccc(-c3ccccc3)cc1)[C@@H]2O. The second-order valence-electron chi connectivity index (χ2n) is 24.9. The number of amides is 9. The van der Waals surface area contributed by atoms with Gasteiger partial charge in [-0.3, -0.25) is 43.2 Å². The third-order valence-electron chi connectivity index (χ3n) is 16.1. The molecule has 3 saturated heterocycles. The molecule has 0 radical (unpaired) electrons. The molecule has 13 N–H and O–H groups in total. The number of nitrogens with two attached hydrogens (primary N) is 2. The van der Waals surface area contributed by atoms with E-state index in [-0.39, 0.29) is 89.6 Å². The van der Waals surface area contributed by atoms with Crippen molar-refractivity contribution in [3.8, 4) is 11.1 Å². The van der Waals surface area contributed by atoms with Crippen molar-refractivity contribution in [3.63, 3.8) is 0 Å². The highest BCUT2D eigenvalue weighted by atomic mass is 16.6. The first-order valence-electron chi connectivity index (χ1n) is 31.2. The van der Waals surface area contributed by atoms with Crippen molar-refractivity contribution in [1.82, 2.24) is 47.4 Å². The molecular weight excluding hydrogens is 1130 g/mol. The summed E-state index contributed by atoms with van der Waals surface area (Å²) in [5, 5.41) is 34.6. The normalized spacial score (nSPS) is 27.0.